The number of nitrogens with one attached hydrogen (secondary N) is 1. The number of thiophene rings is 1. The minimum absolute atomic E-state index is 0.340. The Bertz CT molecular complexity index is 633. The molecular formula is C18H23NO3S. The molecule has 0 amide bonds. The standard InChI is InChI=1S/C18H23NO3S/c1-21-13-8-12(9-14(10-13)22-2)17(20)11-19-16-4-3-5-18-15(16)6-7-23-18/h6-10,16-17,19-20H,3-5,11H2,1-2H3. The quantitative estimate of drug-likeness (QED) is 0.850. The molecule has 2 N–H and O–H groups in total. The largest absolute Gasteiger partial charge is 0.497 e. The van der Waals surface area contributed by atoms with Gasteiger partial charge in [0.25, 0.3) is 0 Å². The fourth-order valence-electron chi connectivity index (χ4n) is 3.09. The van der Waals surface area contributed by atoms with E-state index >= 15 is 0 Å². The number of aryl methyl sites for hydroxylation is 1. The first kappa shape index (κ1) is 16.3. The van der Waals surface area contributed by atoms with Crippen LogP contribution in [0.4, 0.5) is 0 Å². The van der Waals surface area contributed by atoms with Gasteiger partial charge in [-0.05, 0) is 54.0 Å². The van der Waals surface area contributed by atoms with Gasteiger partial charge in [0.15, 0.2) is 0 Å². The monoisotopic (exact) mass is 333 g/mol. The number of aliphatic hydroxyl groups excluding tert-OH is 1. The molecule has 1 aromatic heterocycles. The van der Waals surface area contributed by atoms with Crippen LogP contribution in [-0.4, -0.2) is 25.9 Å². The van der Waals surface area contributed by atoms with Gasteiger partial charge < -0.3 is 19.9 Å². The van der Waals surface area contributed by atoms with Crippen molar-refractivity contribution >= 4 is 11.3 Å². The second kappa shape index (κ2) is 7.34. The van der Waals surface area contributed by atoms with E-state index in [1.165, 1.54) is 23.3 Å². The fraction of sp³-hybridized carbons (Fsp3) is 0.444. The van der Waals surface area contributed by atoms with Gasteiger partial charge in [-0.2, -0.15) is 0 Å². The topological polar surface area (TPSA) is 50.7 Å². The molecule has 0 aliphatic heterocycles. The smallest absolute Gasteiger partial charge is 0.122 e. The van der Waals surface area contributed by atoms with E-state index in [1.807, 2.05) is 29.5 Å². The number of benzene rings is 1. The predicted octanol–water partition coefficient (Wildman–Crippen LogP) is 3.47. The molecule has 4 nitrogen and oxygen atoms in total. The molecule has 0 fully saturated rings. The molecule has 2 atom stereocenters. The minimum Gasteiger partial charge on any atom is -0.497 e. The zero-order valence-corrected chi connectivity index (χ0v) is 14.4. The molecule has 0 bridgehead atoms. The van der Waals surface area contributed by atoms with Gasteiger partial charge in [-0.25, -0.2) is 0 Å². The molecule has 0 spiro atoms. The maximum atomic E-state index is 10.5. The third-order valence-electron chi connectivity index (χ3n) is 4.37. The normalized spacial score (nSPS) is 18.3. The van der Waals surface area contributed by atoms with Crippen molar-refractivity contribution in [1.82, 2.24) is 5.32 Å². The summed E-state index contributed by atoms with van der Waals surface area (Å²) in [6, 6.07) is 8.06. The molecule has 1 aromatic carbocycles. The summed E-state index contributed by atoms with van der Waals surface area (Å²) >= 11 is 1.83. The Balaban J connectivity index is 1.67. The van der Waals surface area contributed by atoms with E-state index in [4.69, 9.17) is 9.47 Å². The summed E-state index contributed by atoms with van der Waals surface area (Å²) in [7, 11) is 3.23. The van der Waals surface area contributed by atoms with Crippen LogP contribution in [0.2, 0.25) is 0 Å². The maximum Gasteiger partial charge on any atom is 0.122 e. The summed E-state index contributed by atoms with van der Waals surface area (Å²) in [5, 5.41) is 16.2. The van der Waals surface area contributed by atoms with Crippen LogP contribution in [0.1, 0.15) is 41.0 Å². The van der Waals surface area contributed by atoms with Crippen LogP contribution in [0.5, 0.6) is 11.5 Å². The molecule has 0 saturated heterocycles. The average molecular weight is 333 g/mol. The van der Waals surface area contributed by atoms with Crippen LogP contribution in [0.3, 0.4) is 0 Å². The molecular weight excluding hydrogens is 310 g/mol. The van der Waals surface area contributed by atoms with E-state index in [2.05, 4.69) is 16.8 Å². The first-order valence-corrected chi connectivity index (χ1v) is 8.80. The molecule has 0 radical (unpaired) electrons. The Morgan fingerprint density at radius 3 is 2.70 bits per heavy atom. The van der Waals surface area contributed by atoms with E-state index in [0.717, 1.165) is 12.0 Å². The van der Waals surface area contributed by atoms with Crippen molar-refractivity contribution in [3.63, 3.8) is 0 Å². The molecule has 0 saturated carbocycles. The number of methoxy groups -OCH3 is 2. The van der Waals surface area contributed by atoms with Gasteiger partial charge >= 0.3 is 0 Å². The second-order valence-electron chi connectivity index (χ2n) is 5.81. The minimum atomic E-state index is -0.594. The summed E-state index contributed by atoms with van der Waals surface area (Å²) in [4.78, 5) is 1.48. The third-order valence-corrected chi connectivity index (χ3v) is 5.36. The maximum absolute atomic E-state index is 10.5. The average Bonchev–Trinajstić information content (AvgIpc) is 3.08. The van der Waals surface area contributed by atoms with Crippen LogP contribution in [0, 0.1) is 0 Å². The summed E-state index contributed by atoms with van der Waals surface area (Å²) in [6.07, 6.45) is 2.91. The van der Waals surface area contributed by atoms with E-state index in [9.17, 15) is 5.11 Å². The number of ether oxygens (including phenoxy) is 2. The van der Waals surface area contributed by atoms with Crippen LogP contribution in [0.15, 0.2) is 29.6 Å². The van der Waals surface area contributed by atoms with E-state index in [0.29, 0.717) is 24.1 Å². The van der Waals surface area contributed by atoms with E-state index in [-0.39, 0.29) is 0 Å². The highest BCUT2D eigenvalue weighted by atomic mass is 32.1. The van der Waals surface area contributed by atoms with Crippen molar-refractivity contribution in [2.45, 2.75) is 31.4 Å². The van der Waals surface area contributed by atoms with Crippen molar-refractivity contribution < 1.29 is 14.6 Å². The van der Waals surface area contributed by atoms with Gasteiger partial charge in [0.05, 0.1) is 20.3 Å². The van der Waals surface area contributed by atoms with Crippen molar-refractivity contribution in [3.05, 3.63) is 45.6 Å². The SMILES string of the molecule is COc1cc(OC)cc(C(O)CNC2CCCc3sccc32)c1. The highest BCUT2D eigenvalue weighted by Crippen LogP contribution is 2.33. The molecule has 1 aliphatic rings. The number of fused-ring (bicyclic) bond motifs is 1. The number of hydrogen-bond donors (Lipinski definition) is 2. The van der Waals surface area contributed by atoms with Gasteiger partial charge in [0, 0.05) is 23.5 Å². The summed E-state index contributed by atoms with van der Waals surface area (Å²) in [5.74, 6) is 1.38. The van der Waals surface area contributed by atoms with Crippen LogP contribution in [-0.2, 0) is 6.42 Å². The van der Waals surface area contributed by atoms with Crippen LogP contribution < -0.4 is 14.8 Å². The Morgan fingerprint density at radius 1 is 1.26 bits per heavy atom. The highest BCUT2D eigenvalue weighted by molar-refractivity contribution is 7.10. The number of aliphatic hydroxyl groups is 1. The molecule has 1 heterocycles. The summed E-state index contributed by atoms with van der Waals surface area (Å²) in [6.45, 7) is 0.510. The zero-order chi connectivity index (χ0) is 16.2. The fourth-order valence-corrected chi connectivity index (χ4v) is 4.08. The Hall–Kier alpha value is -1.56. The second-order valence-corrected chi connectivity index (χ2v) is 6.81. The van der Waals surface area contributed by atoms with Gasteiger partial charge in [-0.1, -0.05) is 0 Å². The predicted molar refractivity (Wildman–Crippen MR) is 92.5 cm³/mol. The molecule has 2 aromatic rings. The molecule has 1 aliphatic carbocycles. The summed E-state index contributed by atoms with van der Waals surface area (Å²) in [5.41, 5.74) is 2.20. The molecule has 3 rings (SSSR count). The first-order valence-electron chi connectivity index (χ1n) is 7.92. The zero-order valence-electron chi connectivity index (χ0n) is 13.5. The number of hydrogen-bond acceptors (Lipinski definition) is 5. The molecule has 2 unspecified atom stereocenters. The number of rotatable bonds is 6. The lowest BCUT2D eigenvalue weighted by Gasteiger charge is -2.25. The van der Waals surface area contributed by atoms with E-state index in [1.54, 1.807) is 14.2 Å². The van der Waals surface area contributed by atoms with Crippen molar-refractivity contribution in [1.29, 1.82) is 0 Å². The first-order chi connectivity index (χ1) is 11.2. The Morgan fingerprint density at radius 2 is 2.00 bits per heavy atom. The van der Waals surface area contributed by atoms with Crippen molar-refractivity contribution in [2.75, 3.05) is 20.8 Å². The van der Waals surface area contributed by atoms with Crippen LogP contribution >= 0.6 is 11.3 Å². The highest BCUT2D eigenvalue weighted by Gasteiger charge is 2.22. The van der Waals surface area contributed by atoms with Gasteiger partial charge in [0.2, 0.25) is 0 Å². The lowest BCUT2D eigenvalue weighted by atomic mass is 9.94. The Kier molecular flexibility index (Phi) is 5.20. The molecule has 23 heavy (non-hydrogen) atoms. The lowest BCUT2D eigenvalue weighted by molar-refractivity contribution is 0.167. The lowest BCUT2D eigenvalue weighted by Crippen LogP contribution is -2.28. The molecule has 124 valence electrons. The van der Waals surface area contributed by atoms with Crippen molar-refractivity contribution in [2.24, 2.45) is 0 Å². The van der Waals surface area contributed by atoms with Gasteiger partial charge in [-0.15, -0.1) is 11.3 Å². The van der Waals surface area contributed by atoms with E-state index < -0.39 is 6.10 Å². The Labute approximate surface area is 141 Å². The third kappa shape index (κ3) is 3.68. The van der Waals surface area contributed by atoms with Crippen molar-refractivity contribution in [3.8, 4) is 11.5 Å². The molecule has 5 heteroatoms. The summed E-state index contributed by atoms with van der Waals surface area (Å²) < 4.78 is 10.5. The van der Waals surface area contributed by atoms with Crippen LogP contribution in [0.25, 0.3) is 0 Å². The van der Waals surface area contributed by atoms with Gasteiger partial charge in [0.1, 0.15) is 11.5 Å². The van der Waals surface area contributed by atoms with Gasteiger partial charge in [-0.3, -0.25) is 0 Å².